The van der Waals surface area contributed by atoms with Crippen LogP contribution in [0.4, 0.5) is 0 Å². The molecule has 5 nitrogen and oxygen atoms in total. The Morgan fingerprint density at radius 2 is 1.93 bits per heavy atom. The van der Waals surface area contributed by atoms with Gasteiger partial charge in [0, 0.05) is 14.0 Å². The van der Waals surface area contributed by atoms with Gasteiger partial charge in [-0.15, -0.1) is 5.06 Å². The maximum Gasteiger partial charge on any atom is 0.324 e. The molecule has 0 rings (SSSR count). The molecule has 0 saturated heterocycles. The minimum absolute atomic E-state index is 0.231. The van der Waals surface area contributed by atoms with Crippen LogP contribution in [0.1, 0.15) is 27.2 Å². The molecule has 1 atom stereocenters. The molecule has 0 amide bonds. The molecule has 0 unspecified atom stereocenters. The highest BCUT2D eigenvalue weighted by molar-refractivity contribution is 5.73. The number of likely N-dealkylation sites (N-methyl/N-ethyl adjacent to an activating group) is 1. The average Bonchev–Trinajstić information content (AvgIpc) is 1.97. The highest BCUT2D eigenvalue weighted by atomic mass is 16.7. The molecular weight excluding hydrogens is 186 g/mol. The summed E-state index contributed by atoms with van der Waals surface area (Å²) >= 11 is 0. The molecule has 0 aromatic carbocycles. The molecule has 0 radical (unpaired) electrons. The fourth-order valence-electron chi connectivity index (χ4n) is 1.12. The zero-order chi connectivity index (χ0) is 11.3. The van der Waals surface area contributed by atoms with Crippen molar-refractivity contribution in [1.29, 1.82) is 0 Å². The van der Waals surface area contributed by atoms with Gasteiger partial charge < -0.3 is 9.94 Å². The maximum absolute atomic E-state index is 10.8. The number of hydroxylamine groups is 2. The Kier molecular flexibility index (Phi) is 5.15. The van der Waals surface area contributed by atoms with Crippen molar-refractivity contribution in [2.45, 2.75) is 33.2 Å². The minimum atomic E-state index is -0.984. The fourth-order valence-corrected chi connectivity index (χ4v) is 1.12. The van der Waals surface area contributed by atoms with Gasteiger partial charge in [-0.25, -0.2) is 0 Å². The number of carbonyl (C=O) groups is 2. The predicted octanol–water partition coefficient (Wildman–Crippen LogP) is 0.896. The summed E-state index contributed by atoms with van der Waals surface area (Å²) in [4.78, 5) is 26.1. The second-order valence-corrected chi connectivity index (χ2v) is 3.61. The highest BCUT2D eigenvalue weighted by Crippen LogP contribution is 2.10. The van der Waals surface area contributed by atoms with E-state index in [2.05, 4.69) is 4.84 Å². The molecule has 14 heavy (non-hydrogen) atoms. The molecule has 0 aliphatic carbocycles. The first-order chi connectivity index (χ1) is 6.34. The van der Waals surface area contributed by atoms with Crippen LogP contribution in [-0.4, -0.2) is 35.2 Å². The lowest BCUT2D eigenvalue weighted by Crippen LogP contribution is -2.40. The van der Waals surface area contributed by atoms with Crippen molar-refractivity contribution in [2.75, 3.05) is 7.05 Å². The topological polar surface area (TPSA) is 66.8 Å². The van der Waals surface area contributed by atoms with Gasteiger partial charge in [0.2, 0.25) is 0 Å². The summed E-state index contributed by atoms with van der Waals surface area (Å²) in [5.41, 5.74) is 0. The Balaban J connectivity index is 4.33. The van der Waals surface area contributed by atoms with Crippen LogP contribution in [0.3, 0.4) is 0 Å². The Bertz CT molecular complexity index is 215. The summed E-state index contributed by atoms with van der Waals surface area (Å²) in [5.74, 6) is -1.26. The summed E-state index contributed by atoms with van der Waals surface area (Å²) in [7, 11) is 1.45. The van der Waals surface area contributed by atoms with Crippen molar-refractivity contribution in [3.63, 3.8) is 0 Å². The number of hydrogen-bond donors (Lipinski definition) is 1. The lowest BCUT2D eigenvalue weighted by Gasteiger charge is -2.23. The first kappa shape index (κ1) is 12.9. The number of carbonyl (C=O) groups excluding carboxylic acids is 1. The predicted molar refractivity (Wildman–Crippen MR) is 50.4 cm³/mol. The first-order valence-electron chi connectivity index (χ1n) is 4.48. The molecule has 1 N–H and O–H groups in total. The zero-order valence-corrected chi connectivity index (χ0v) is 8.98. The molecule has 0 heterocycles. The summed E-state index contributed by atoms with van der Waals surface area (Å²) in [5, 5.41) is 9.96. The minimum Gasteiger partial charge on any atom is -0.480 e. The van der Waals surface area contributed by atoms with Crippen LogP contribution in [0.5, 0.6) is 0 Å². The SMILES string of the molecule is CC(=O)ON(C)[C@@H](CC(C)C)C(=O)O. The van der Waals surface area contributed by atoms with E-state index in [1.165, 1.54) is 14.0 Å². The van der Waals surface area contributed by atoms with E-state index in [-0.39, 0.29) is 5.92 Å². The van der Waals surface area contributed by atoms with E-state index in [1.807, 2.05) is 13.8 Å². The Morgan fingerprint density at radius 3 is 2.21 bits per heavy atom. The van der Waals surface area contributed by atoms with Gasteiger partial charge in [-0.3, -0.25) is 9.59 Å². The smallest absolute Gasteiger partial charge is 0.324 e. The van der Waals surface area contributed by atoms with Gasteiger partial charge in [-0.05, 0) is 12.3 Å². The van der Waals surface area contributed by atoms with Crippen LogP contribution < -0.4 is 0 Å². The molecule has 0 aliphatic rings. The van der Waals surface area contributed by atoms with E-state index in [4.69, 9.17) is 5.11 Å². The van der Waals surface area contributed by atoms with Crippen LogP contribution in [0.15, 0.2) is 0 Å². The van der Waals surface area contributed by atoms with E-state index >= 15 is 0 Å². The van der Waals surface area contributed by atoms with Crippen LogP contribution >= 0.6 is 0 Å². The second-order valence-electron chi connectivity index (χ2n) is 3.61. The van der Waals surface area contributed by atoms with E-state index in [0.717, 1.165) is 5.06 Å². The first-order valence-corrected chi connectivity index (χ1v) is 4.48. The Morgan fingerprint density at radius 1 is 1.43 bits per heavy atom. The number of carboxylic acid groups (broad SMARTS) is 1. The normalized spacial score (nSPS) is 13.0. The van der Waals surface area contributed by atoms with Gasteiger partial charge >= 0.3 is 11.9 Å². The van der Waals surface area contributed by atoms with E-state index in [0.29, 0.717) is 6.42 Å². The maximum atomic E-state index is 10.8. The van der Waals surface area contributed by atoms with E-state index < -0.39 is 18.0 Å². The molecule has 5 heteroatoms. The molecular formula is C9H17NO4. The van der Waals surface area contributed by atoms with E-state index in [1.54, 1.807) is 0 Å². The number of hydrogen-bond acceptors (Lipinski definition) is 4. The lowest BCUT2D eigenvalue weighted by atomic mass is 10.0. The van der Waals surface area contributed by atoms with Gasteiger partial charge in [0.05, 0.1) is 0 Å². The summed E-state index contributed by atoms with van der Waals surface area (Å²) in [6.45, 7) is 5.07. The Hall–Kier alpha value is -1.10. The van der Waals surface area contributed by atoms with Crippen molar-refractivity contribution in [3.8, 4) is 0 Å². The lowest BCUT2D eigenvalue weighted by molar-refractivity contribution is -0.198. The number of rotatable bonds is 5. The largest absolute Gasteiger partial charge is 0.480 e. The molecule has 0 aromatic rings. The number of aliphatic carboxylic acids is 1. The molecule has 0 aromatic heterocycles. The second kappa shape index (κ2) is 5.59. The van der Waals surface area contributed by atoms with Crippen molar-refractivity contribution in [3.05, 3.63) is 0 Å². The number of carboxylic acids is 1. The van der Waals surface area contributed by atoms with Crippen molar-refractivity contribution in [2.24, 2.45) is 5.92 Å². The quantitative estimate of drug-likeness (QED) is 0.672. The van der Waals surface area contributed by atoms with Crippen molar-refractivity contribution < 1.29 is 19.5 Å². The summed E-state index contributed by atoms with van der Waals surface area (Å²) in [6.07, 6.45) is 0.444. The fraction of sp³-hybridized carbons (Fsp3) is 0.778. The zero-order valence-electron chi connectivity index (χ0n) is 8.98. The molecule has 0 fully saturated rings. The molecule has 0 bridgehead atoms. The van der Waals surface area contributed by atoms with Crippen molar-refractivity contribution in [1.82, 2.24) is 5.06 Å². The molecule has 0 aliphatic heterocycles. The standard InChI is InChI=1S/C9H17NO4/c1-6(2)5-8(9(12)13)10(4)14-7(3)11/h6,8H,5H2,1-4H3,(H,12,13)/t8-/m0/s1. The Labute approximate surface area is 83.6 Å². The molecule has 0 saturated carbocycles. The summed E-state index contributed by atoms with van der Waals surface area (Å²) in [6, 6.07) is -0.779. The third-order valence-corrected chi connectivity index (χ3v) is 1.69. The average molecular weight is 203 g/mol. The van der Waals surface area contributed by atoms with Crippen LogP contribution in [0.2, 0.25) is 0 Å². The molecule has 82 valence electrons. The third kappa shape index (κ3) is 4.81. The van der Waals surface area contributed by atoms with Gasteiger partial charge in [0.15, 0.2) is 0 Å². The van der Waals surface area contributed by atoms with Crippen LogP contribution in [0.25, 0.3) is 0 Å². The van der Waals surface area contributed by atoms with Crippen LogP contribution in [-0.2, 0) is 14.4 Å². The van der Waals surface area contributed by atoms with Gasteiger partial charge in [0.1, 0.15) is 6.04 Å². The highest BCUT2D eigenvalue weighted by Gasteiger charge is 2.25. The number of nitrogens with zero attached hydrogens (tertiary/aromatic N) is 1. The summed E-state index contributed by atoms with van der Waals surface area (Å²) < 4.78 is 0. The van der Waals surface area contributed by atoms with Gasteiger partial charge in [-0.2, -0.15) is 0 Å². The van der Waals surface area contributed by atoms with Crippen molar-refractivity contribution >= 4 is 11.9 Å². The van der Waals surface area contributed by atoms with Gasteiger partial charge in [-0.1, -0.05) is 13.8 Å². The third-order valence-electron chi connectivity index (χ3n) is 1.69. The monoisotopic (exact) mass is 203 g/mol. The molecule has 0 spiro atoms. The van der Waals surface area contributed by atoms with Crippen LogP contribution in [0, 0.1) is 5.92 Å². The van der Waals surface area contributed by atoms with Gasteiger partial charge in [0.25, 0.3) is 0 Å². The van der Waals surface area contributed by atoms with E-state index in [9.17, 15) is 9.59 Å².